The van der Waals surface area contributed by atoms with Crippen molar-refractivity contribution in [3.05, 3.63) is 29.3 Å². The number of nitrogens with zero attached hydrogens (tertiary/aromatic N) is 1. The van der Waals surface area contributed by atoms with Crippen molar-refractivity contribution < 1.29 is 14.7 Å². The van der Waals surface area contributed by atoms with Crippen molar-refractivity contribution in [3.63, 3.8) is 0 Å². The molecule has 0 aliphatic heterocycles. The van der Waals surface area contributed by atoms with Crippen LogP contribution in [-0.2, 0) is 4.74 Å². The number of amidine groups is 1. The highest BCUT2D eigenvalue weighted by Crippen LogP contribution is 2.19. The third-order valence-corrected chi connectivity index (χ3v) is 2.06. The Bertz CT molecular complexity index is 377. The number of benzene rings is 1. The lowest BCUT2D eigenvalue weighted by Gasteiger charge is -2.10. The zero-order chi connectivity index (χ0) is 12.0. The van der Waals surface area contributed by atoms with Gasteiger partial charge in [-0.05, 0) is 19.1 Å². The van der Waals surface area contributed by atoms with E-state index < -0.39 is 0 Å². The molecular formula is C11H16N2O3. The summed E-state index contributed by atoms with van der Waals surface area (Å²) >= 11 is 0. The number of nitrogens with two attached hydrogens (primary N) is 1. The quantitative estimate of drug-likeness (QED) is 0.258. The smallest absolute Gasteiger partial charge is 0.173 e. The molecule has 16 heavy (non-hydrogen) atoms. The Morgan fingerprint density at radius 3 is 2.81 bits per heavy atom. The van der Waals surface area contributed by atoms with Crippen LogP contribution in [-0.4, -0.2) is 31.4 Å². The van der Waals surface area contributed by atoms with Gasteiger partial charge in [0.1, 0.15) is 12.4 Å². The number of hydrogen-bond acceptors (Lipinski definition) is 4. The summed E-state index contributed by atoms with van der Waals surface area (Å²) in [5.41, 5.74) is 7.15. The molecular weight excluding hydrogens is 208 g/mol. The van der Waals surface area contributed by atoms with Crippen LogP contribution in [0, 0.1) is 6.92 Å². The Kier molecular flexibility index (Phi) is 4.60. The van der Waals surface area contributed by atoms with Gasteiger partial charge in [0.2, 0.25) is 0 Å². The van der Waals surface area contributed by atoms with E-state index in [1.165, 1.54) is 0 Å². The Morgan fingerprint density at radius 2 is 2.19 bits per heavy atom. The minimum Gasteiger partial charge on any atom is -0.490 e. The van der Waals surface area contributed by atoms with Crippen LogP contribution in [0.2, 0.25) is 0 Å². The Labute approximate surface area is 94.5 Å². The molecule has 0 saturated heterocycles. The van der Waals surface area contributed by atoms with Gasteiger partial charge in [-0.25, -0.2) is 0 Å². The van der Waals surface area contributed by atoms with Crippen LogP contribution < -0.4 is 10.5 Å². The maximum Gasteiger partial charge on any atom is 0.173 e. The van der Waals surface area contributed by atoms with Crippen LogP contribution in [0.5, 0.6) is 5.75 Å². The molecule has 0 aliphatic carbocycles. The highest BCUT2D eigenvalue weighted by molar-refractivity contribution is 5.99. The fourth-order valence-corrected chi connectivity index (χ4v) is 1.26. The Morgan fingerprint density at radius 1 is 1.44 bits per heavy atom. The van der Waals surface area contributed by atoms with E-state index in [2.05, 4.69) is 5.16 Å². The summed E-state index contributed by atoms with van der Waals surface area (Å²) in [5, 5.41) is 11.6. The van der Waals surface area contributed by atoms with Gasteiger partial charge in [-0.2, -0.15) is 0 Å². The summed E-state index contributed by atoms with van der Waals surface area (Å²) in [6.07, 6.45) is 0. The molecule has 5 heteroatoms. The molecule has 0 spiro atoms. The lowest BCUT2D eigenvalue weighted by atomic mass is 10.1. The number of aryl methyl sites for hydroxylation is 1. The van der Waals surface area contributed by atoms with Gasteiger partial charge in [-0.1, -0.05) is 16.8 Å². The van der Waals surface area contributed by atoms with Crippen LogP contribution >= 0.6 is 0 Å². The first-order valence-electron chi connectivity index (χ1n) is 4.89. The predicted molar refractivity (Wildman–Crippen MR) is 61.1 cm³/mol. The molecule has 0 heterocycles. The van der Waals surface area contributed by atoms with Crippen molar-refractivity contribution in [2.45, 2.75) is 6.92 Å². The first-order valence-corrected chi connectivity index (χ1v) is 4.89. The second-order valence-corrected chi connectivity index (χ2v) is 3.33. The normalized spacial score (nSPS) is 11.5. The van der Waals surface area contributed by atoms with Crippen molar-refractivity contribution in [1.82, 2.24) is 0 Å². The molecule has 0 aromatic heterocycles. The average molecular weight is 224 g/mol. The molecule has 0 amide bonds. The van der Waals surface area contributed by atoms with Gasteiger partial charge in [0.15, 0.2) is 5.84 Å². The van der Waals surface area contributed by atoms with Gasteiger partial charge in [0.25, 0.3) is 0 Å². The molecule has 0 unspecified atom stereocenters. The number of oxime groups is 1. The molecule has 1 rings (SSSR count). The van der Waals surface area contributed by atoms with E-state index >= 15 is 0 Å². The summed E-state index contributed by atoms with van der Waals surface area (Å²) in [4.78, 5) is 0. The minimum absolute atomic E-state index is 0.0381. The lowest BCUT2D eigenvalue weighted by molar-refractivity contribution is 0.146. The highest BCUT2D eigenvalue weighted by Gasteiger charge is 2.08. The fraction of sp³-hybridized carbons (Fsp3) is 0.364. The van der Waals surface area contributed by atoms with Crippen molar-refractivity contribution in [2.24, 2.45) is 10.9 Å². The van der Waals surface area contributed by atoms with Crippen LogP contribution in [0.15, 0.2) is 23.4 Å². The molecule has 1 aromatic carbocycles. The third kappa shape index (κ3) is 3.13. The minimum atomic E-state index is 0.0381. The highest BCUT2D eigenvalue weighted by atomic mass is 16.5. The van der Waals surface area contributed by atoms with E-state index in [4.69, 9.17) is 20.4 Å². The van der Waals surface area contributed by atoms with Crippen LogP contribution in [0.1, 0.15) is 11.1 Å². The third-order valence-electron chi connectivity index (χ3n) is 2.06. The first-order chi connectivity index (χ1) is 7.69. The van der Waals surface area contributed by atoms with Crippen LogP contribution in [0.4, 0.5) is 0 Å². The van der Waals surface area contributed by atoms with Gasteiger partial charge in [-0.15, -0.1) is 0 Å². The van der Waals surface area contributed by atoms with E-state index in [1.807, 2.05) is 13.0 Å². The van der Waals surface area contributed by atoms with E-state index in [0.717, 1.165) is 5.56 Å². The zero-order valence-electron chi connectivity index (χ0n) is 9.43. The van der Waals surface area contributed by atoms with Crippen molar-refractivity contribution in [1.29, 1.82) is 0 Å². The van der Waals surface area contributed by atoms with Gasteiger partial charge >= 0.3 is 0 Å². The number of rotatable bonds is 5. The Balaban J connectivity index is 2.89. The predicted octanol–water partition coefficient (Wildman–Crippen LogP) is 1.11. The van der Waals surface area contributed by atoms with Gasteiger partial charge in [0.05, 0.1) is 12.2 Å². The summed E-state index contributed by atoms with van der Waals surface area (Å²) < 4.78 is 10.3. The standard InChI is InChI=1S/C11H16N2O3/c1-8-3-4-10(16-6-5-15-2)9(7-8)11(12)13-14/h3-4,7,14H,5-6H2,1-2H3,(H2,12,13). The van der Waals surface area contributed by atoms with Gasteiger partial charge in [-0.3, -0.25) is 0 Å². The molecule has 0 fully saturated rings. The van der Waals surface area contributed by atoms with Crippen LogP contribution in [0.25, 0.3) is 0 Å². The van der Waals surface area contributed by atoms with Crippen molar-refractivity contribution in [3.8, 4) is 5.75 Å². The Hall–Kier alpha value is -1.75. The fourth-order valence-electron chi connectivity index (χ4n) is 1.26. The monoisotopic (exact) mass is 224 g/mol. The van der Waals surface area contributed by atoms with E-state index in [0.29, 0.717) is 24.5 Å². The van der Waals surface area contributed by atoms with Gasteiger partial charge in [0, 0.05) is 7.11 Å². The average Bonchev–Trinajstić information content (AvgIpc) is 2.30. The number of hydrogen-bond donors (Lipinski definition) is 2. The molecule has 0 aliphatic rings. The van der Waals surface area contributed by atoms with Crippen molar-refractivity contribution >= 4 is 5.84 Å². The molecule has 0 saturated carbocycles. The van der Waals surface area contributed by atoms with Gasteiger partial charge < -0.3 is 20.4 Å². The molecule has 3 N–H and O–H groups in total. The summed E-state index contributed by atoms with van der Waals surface area (Å²) in [6, 6.07) is 5.49. The summed E-state index contributed by atoms with van der Waals surface area (Å²) in [7, 11) is 1.60. The second-order valence-electron chi connectivity index (χ2n) is 3.33. The largest absolute Gasteiger partial charge is 0.490 e. The second kappa shape index (κ2) is 5.97. The summed E-state index contributed by atoms with van der Waals surface area (Å²) in [5.74, 6) is 0.620. The SMILES string of the molecule is COCCOc1ccc(C)cc1/C(N)=N/O. The zero-order valence-corrected chi connectivity index (χ0v) is 9.43. The van der Waals surface area contributed by atoms with E-state index in [9.17, 15) is 0 Å². The molecule has 0 bridgehead atoms. The molecule has 5 nitrogen and oxygen atoms in total. The van der Waals surface area contributed by atoms with Crippen LogP contribution in [0.3, 0.4) is 0 Å². The maximum absolute atomic E-state index is 8.66. The molecule has 88 valence electrons. The summed E-state index contributed by atoms with van der Waals surface area (Å²) in [6.45, 7) is 2.84. The lowest BCUT2D eigenvalue weighted by Crippen LogP contribution is -2.16. The first kappa shape index (κ1) is 12.3. The maximum atomic E-state index is 8.66. The van der Waals surface area contributed by atoms with E-state index in [-0.39, 0.29) is 5.84 Å². The molecule has 0 radical (unpaired) electrons. The van der Waals surface area contributed by atoms with Crippen molar-refractivity contribution in [2.75, 3.05) is 20.3 Å². The van der Waals surface area contributed by atoms with E-state index in [1.54, 1.807) is 19.2 Å². The topological polar surface area (TPSA) is 77.1 Å². The number of methoxy groups -OCH3 is 1. The number of ether oxygens (including phenoxy) is 2. The molecule has 0 atom stereocenters. The molecule has 1 aromatic rings.